The molecule has 94 valence electrons. The predicted octanol–water partition coefficient (Wildman–Crippen LogP) is 2.74. The second-order valence-electron chi connectivity index (χ2n) is 3.76. The molecule has 0 spiro atoms. The number of rotatable bonds is 4. The van der Waals surface area contributed by atoms with Crippen LogP contribution in [-0.2, 0) is 4.79 Å². The molecule has 0 saturated carbocycles. The molecule has 2 rings (SSSR count). The van der Waals surface area contributed by atoms with Crippen LogP contribution in [0.15, 0.2) is 29.8 Å². The number of thiazole rings is 1. The molecule has 0 aliphatic rings. The van der Waals surface area contributed by atoms with E-state index in [-0.39, 0.29) is 0 Å². The van der Waals surface area contributed by atoms with Crippen molar-refractivity contribution in [2.45, 2.75) is 13.0 Å². The Morgan fingerprint density at radius 2 is 2.22 bits per heavy atom. The number of hydrogen-bond acceptors (Lipinski definition) is 4. The van der Waals surface area contributed by atoms with Gasteiger partial charge in [-0.15, -0.1) is 11.3 Å². The molecule has 2 aromatic rings. The molecular weight excluding hydrogens is 270 g/mol. The van der Waals surface area contributed by atoms with Crippen LogP contribution in [0.4, 0.5) is 5.69 Å². The molecule has 0 radical (unpaired) electrons. The van der Waals surface area contributed by atoms with Gasteiger partial charge in [0.1, 0.15) is 6.04 Å². The second-order valence-corrected chi connectivity index (χ2v) is 5.06. The molecule has 0 fully saturated rings. The van der Waals surface area contributed by atoms with Crippen LogP contribution in [0.5, 0.6) is 0 Å². The van der Waals surface area contributed by atoms with Crippen LogP contribution in [0.25, 0.3) is 0 Å². The standard InChI is InChI=1S/C12H12ClN3OS/c1-7-11(18-6-15-7)10(12(14)17)16-9-5-3-2-4-8(9)13/h2-6,10,16H,1H3,(H2,14,17). The third kappa shape index (κ3) is 2.63. The Balaban J connectivity index is 2.31. The number of carbonyl (C=O) groups excluding carboxylic acids is 1. The van der Waals surface area contributed by atoms with E-state index in [1.165, 1.54) is 11.3 Å². The Morgan fingerprint density at radius 3 is 2.78 bits per heavy atom. The molecule has 1 atom stereocenters. The zero-order valence-corrected chi connectivity index (χ0v) is 11.3. The van der Waals surface area contributed by atoms with Gasteiger partial charge < -0.3 is 11.1 Å². The lowest BCUT2D eigenvalue weighted by Crippen LogP contribution is -2.27. The van der Waals surface area contributed by atoms with Crippen LogP contribution in [0.2, 0.25) is 5.02 Å². The lowest BCUT2D eigenvalue weighted by molar-refractivity contribution is -0.118. The maximum atomic E-state index is 11.6. The fraction of sp³-hybridized carbons (Fsp3) is 0.167. The number of amides is 1. The zero-order chi connectivity index (χ0) is 13.1. The van der Waals surface area contributed by atoms with E-state index in [1.54, 1.807) is 17.6 Å². The number of anilines is 1. The molecule has 4 nitrogen and oxygen atoms in total. The summed E-state index contributed by atoms with van der Waals surface area (Å²) in [6.45, 7) is 1.84. The molecule has 6 heteroatoms. The summed E-state index contributed by atoms with van der Waals surface area (Å²) >= 11 is 7.44. The van der Waals surface area contributed by atoms with Crippen molar-refractivity contribution in [3.8, 4) is 0 Å². The molecule has 1 aromatic carbocycles. The number of halogens is 1. The van der Waals surface area contributed by atoms with Crippen LogP contribution in [-0.4, -0.2) is 10.9 Å². The van der Waals surface area contributed by atoms with Crippen LogP contribution in [0.1, 0.15) is 16.6 Å². The summed E-state index contributed by atoms with van der Waals surface area (Å²) in [7, 11) is 0. The fourth-order valence-corrected chi connectivity index (χ4v) is 2.64. The molecular formula is C12H12ClN3OS. The minimum atomic E-state index is -0.614. The molecule has 1 unspecified atom stereocenters. The first-order valence-electron chi connectivity index (χ1n) is 5.30. The van der Waals surface area contributed by atoms with Gasteiger partial charge in [-0.05, 0) is 19.1 Å². The number of benzene rings is 1. The van der Waals surface area contributed by atoms with E-state index in [2.05, 4.69) is 10.3 Å². The second kappa shape index (κ2) is 5.37. The Labute approximate surface area is 114 Å². The van der Waals surface area contributed by atoms with Gasteiger partial charge in [-0.3, -0.25) is 4.79 Å². The highest BCUT2D eigenvalue weighted by molar-refractivity contribution is 7.10. The number of hydrogen-bond donors (Lipinski definition) is 2. The number of primary amides is 1. The summed E-state index contributed by atoms with van der Waals surface area (Å²) in [6, 6.07) is 6.60. The summed E-state index contributed by atoms with van der Waals surface area (Å²) in [4.78, 5) is 16.5. The van der Waals surface area contributed by atoms with Gasteiger partial charge in [0.2, 0.25) is 5.91 Å². The highest BCUT2D eigenvalue weighted by Gasteiger charge is 2.22. The maximum absolute atomic E-state index is 11.6. The summed E-state index contributed by atoms with van der Waals surface area (Å²) in [5.41, 5.74) is 8.59. The molecule has 0 bridgehead atoms. The van der Waals surface area contributed by atoms with Crippen molar-refractivity contribution in [3.05, 3.63) is 45.4 Å². The minimum absolute atomic E-state index is 0.456. The number of carbonyl (C=O) groups is 1. The van der Waals surface area contributed by atoms with E-state index in [9.17, 15) is 4.79 Å². The van der Waals surface area contributed by atoms with Crippen LogP contribution in [0.3, 0.4) is 0 Å². The normalized spacial score (nSPS) is 12.1. The van der Waals surface area contributed by atoms with Crippen molar-refractivity contribution < 1.29 is 4.79 Å². The van der Waals surface area contributed by atoms with Crippen molar-refractivity contribution in [2.75, 3.05) is 5.32 Å². The first-order valence-corrected chi connectivity index (χ1v) is 6.55. The Kier molecular flexibility index (Phi) is 3.84. The lowest BCUT2D eigenvalue weighted by atomic mass is 10.2. The first-order chi connectivity index (χ1) is 8.59. The van der Waals surface area contributed by atoms with Gasteiger partial charge >= 0.3 is 0 Å². The predicted molar refractivity (Wildman–Crippen MR) is 73.9 cm³/mol. The topological polar surface area (TPSA) is 68.0 Å². The first kappa shape index (κ1) is 12.9. The molecule has 3 N–H and O–H groups in total. The van der Waals surface area contributed by atoms with Gasteiger partial charge in [-0.1, -0.05) is 23.7 Å². The third-order valence-corrected chi connectivity index (χ3v) is 3.83. The summed E-state index contributed by atoms with van der Waals surface area (Å²) < 4.78 is 0. The van der Waals surface area contributed by atoms with E-state index in [4.69, 9.17) is 17.3 Å². The molecule has 0 aliphatic heterocycles. The number of aryl methyl sites for hydroxylation is 1. The summed E-state index contributed by atoms with van der Waals surface area (Å²) in [5.74, 6) is -0.456. The van der Waals surface area contributed by atoms with Crippen LogP contribution >= 0.6 is 22.9 Å². The summed E-state index contributed by atoms with van der Waals surface area (Å²) in [6.07, 6.45) is 0. The average molecular weight is 282 g/mol. The monoisotopic (exact) mass is 281 g/mol. The minimum Gasteiger partial charge on any atom is -0.368 e. The molecule has 1 aromatic heterocycles. The van der Waals surface area contributed by atoms with E-state index in [0.717, 1.165) is 10.6 Å². The quantitative estimate of drug-likeness (QED) is 0.905. The Morgan fingerprint density at radius 1 is 1.50 bits per heavy atom. The molecule has 18 heavy (non-hydrogen) atoms. The van der Waals surface area contributed by atoms with Gasteiger partial charge in [0.15, 0.2) is 0 Å². The van der Waals surface area contributed by atoms with Gasteiger partial charge in [-0.2, -0.15) is 0 Å². The lowest BCUT2D eigenvalue weighted by Gasteiger charge is -2.16. The third-order valence-electron chi connectivity index (χ3n) is 2.50. The van der Waals surface area contributed by atoms with E-state index in [0.29, 0.717) is 10.7 Å². The number of nitrogens with zero attached hydrogens (tertiary/aromatic N) is 1. The fourth-order valence-electron chi connectivity index (χ4n) is 1.59. The van der Waals surface area contributed by atoms with Gasteiger partial charge in [0, 0.05) is 0 Å². The van der Waals surface area contributed by atoms with Crippen LogP contribution in [0, 0.1) is 6.92 Å². The van der Waals surface area contributed by atoms with Crippen LogP contribution < -0.4 is 11.1 Å². The Hall–Kier alpha value is -1.59. The number of nitrogens with two attached hydrogens (primary N) is 1. The van der Waals surface area contributed by atoms with Gasteiger partial charge in [0.05, 0.1) is 26.8 Å². The summed E-state index contributed by atoms with van der Waals surface area (Å²) in [5, 5.41) is 3.60. The van der Waals surface area contributed by atoms with Gasteiger partial charge in [-0.25, -0.2) is 4.98 Å². The van der Waals surface area contributed by atoms with Crippen molar-refractivity contribution in [2.24, 2.45) is 5.73 Å². The highest BCUT2D eigenvalue weighted by Crippen LogP contribution is 2.29. The zero-order valence-electron chi connectivity index (χ0n) is 9.68. The van der Waals surface area contributed by atoms with Crippen molar-refractivity contribution in [3.63, 3.8) is 0 Å². The Bertz CT molecular complexity index is 570. The smallest absolute Gasteiger partial charge is 0.245 e. The van der Waals surface area contributed by atoms with E-state index in [1.807, 2.05) is 19.1 Å². The van der Waals surface area contributed by atoms with Crippen molar-refractivity contribution in [1.82, 2.24) is 4.98 Å². The molecule has 0 aliphatic carbocycles. The van der Waals surface area contributed by atoms with E-state index >= 15 is 0 Å². The van der Waals surface area contributed by atoms with Crippen molar-refractivity contribution in [1.29, 1.82) is 0 Å². The maximum Gasteiger partial charge on any atom is 0.245 e. The van der Waals surface area contributed by atoms with Gasteiger partial charge in [0.25, 0.3) is 0 Å². The SMILES string of the molecule is Cc1ncsc1C(Nc1ccccc1Cl)C(N)=O. The highest BCUT2D eigenvalue weighted by atomic mass is 35.5. The average Bonchev–Trinajstić information content (AvgIpc) is 2.74. The number of para-hydroxylation sites is 1. The molecule has 1 amide bonds. The number of aromatic nitrogens is 1. The largest absolute Gasteiger partial charge is 0.368 e. The van der Waals surface area contributed by atoms with Crippen molar-refractivity contribution >= 4 is 34.5 Å². The molecule has 0 saturated heterocycles. The van der Waals surface area contributed by atoms with E-state index < -0.39 is 11.9 Å². The molecule has 1 heterocycles. The number of nitrogens with one attached hydrogen (secondary N) is 1.